The van der Waals surface area contributed by atoms with E-state index in [0.717, 1.165) is 24.3 Å². The van der Waals surface area contributed by atoms with Crippen LogP contribution in [0.3, 0.4) is 0 Å². The number of carboxylic acid groups (broad SMARTS) is 1. The van der Waals surface area contributed by atoms with Gasteiger partial charge >= 0.3 is 12.1 Å². The van der Waals surface area contributed by atoms with Crippen molar-refractivity contribution in [2.24, 2.45) is 0 Å². The van der Waals surface area contributed by atoms with Gasteiger partial charge in [0.2, 0.25) is 0 Å². The van der Waals surface area contributed by atoms with Crippen molar-refractivity contribution in [1.29, 1.82) is 0 Å². The van der Waals surface area contributed by atoms with E-state index in [2.05, 4.69) is 29.3 Å². The van der Waals surface area contributed by atoms with Crippen LogP contribution in [0.5, 0.6) is 0 Å². The van der Waals surface area contributed by atoms with Gasteiger partial charge in [0.05, 0.1) is 0 Å². The average Bonchev–Trinajstić information content (AvgIpc) is 2.65. The summed E-state index contributed by atoms with van der Waals surface area (Å²) >= 11 is 0. The second kappa shape index (κ2) is 9.96. The lowest BCUT2D eigenvalue weighted by Gasteiger charge is -2.24. The van der Waals surface area contributed by atoms with Crippen LogP contribution in [0, 0.1) is 0 Å². The number of rotatable bonds is 8. The first-order chi connectivity index (χ1) is 13.7. The molecule has 1 amide bonds. The number of carbonyl (C=O) groups excluding carboxylic acids is 1. The molecule has 1 atom stereocenters. The summed E-state index contributed by atoms with van der Waals surface area (Å²) in [5.41, 5.74) is 2.43. The fourth-order valence-corrected chi connectivity index (χ4v) is 2.92. The molecule has 1 unspecified atom stereocenters. The summed E-state index contributed by atoms with van der Waals surface area (Å²) in [6.45, 7) is 8.95. The molecule has 0 bridgehead atoms. The maximum Gasteiger partial charge on any atom is 0.408 e. The summed E-state index contributed by atoms with van der Waals surface area (Å²) in [4.78, 5) is 25.7. The van der Waals surface area contributed by atoms with E-state index in [4.69, 9.17) is 4.74 Å². The van der Waals surface area contributed by atoms with E-state index >= 15 is 0 Å². The van der Waals surface area contributed by atoms with Gasteiger partial charge in [-0.25, -0.2) is 9.59 Å². The highest BCUT2D eigenvalue weighted by molar-refractivity contribution is 5.80. The van der Waals surface area contributed by atoms with Crippen LogP contribution in [0.1, 0.15) is 38.8 Å². The maximum absolute atomic E-state index is 11.9. The number of anilines is 1. The van der Waals surface area contributed by atoms with Crippen LogP contribution in [-0.4, -0.2) is 35.4 Å². The summed E-state index contributed by atoms with van der Waals surface area (Å²) < 4.78 is 5.16. The Morgan fingerprint density at radius 1 is 1.03 bits per heavy atom. The second-order valence-electron chi connectivity index (χ2n) is 7.91. The molecule has 2 rings (SSSR count). The minimum absolute atomic E-state index is 0.180. The van der Waals surface area contributed by atoms with Crippen LogP contribution in [-0.2, 0) is 22.5 Å². The van der Waals surface area contributed by atoms with Gasteiger partial charge < -0.3 is 20.1 Å². The first kappa shape index (κ1) is 22.3. The Kier molecular flexibility index (Phi) is 7.65. The molecule has 156 valence electrons. The Morgan fingerprint density at radius 3 is 2.17 bits per heavy atom. The Morgan fingerprint density at radius 2 is 1.66 bits per heavy atom. The highest BCUT2D eigenvalue weighted by Crippen LogP contribution is 2.19. The Bertz CT molecular complexity index is 798. The summed E-state index contributed by atoms with van der Waals surface area (Å²) in [7, 11) is 0. The molecular weight excluding hydrogens is 368 g/mol. The van der Waals surface area contributed by atoms with E-state index in [-0.39, 0.29) is 6.42 Å². The molecule has 2 aromatic carbocycles. The van der Waals surface area contributed by atoms with Gasteiger partial charge in [0.25, 0.3) is 0 Å². The van der Waals surface area contributed by atoms with Crippen LogP contribution in [0.4, 0.5) is 10.5 Å². The number of hydrogen-bond donors (Lipinski definition) is 2. The molecule has 0 spiro atoms. The molecule has 29 heavy (non-hydrogen) atoms. The molecule has 0 aliphatic heterocycles. The number of nitrogens with zero attached hydrogens (tertiary/aromatic N) is 1. The largest absolute Gasteiger partial charge is 0.480 e. The van der Waals surface area contributed by atoms with Crippen molar-refractivity contribution >= 4 is 17.7 Å². The summed E-state index contributed by atoms with van der Waals surface area (Å²) in [5, 5.41) is 11.9. The number of hydrogen-bond acceptors (Lipinski definition) is 4. The molecule has 6 heteroatoms. The van der Waals surface area contributed by atoms with Crippen LogP contribution in [0.15, 0.2) is 54.6 Å². The normalized spacial score (nSPS) is 12.1. The third-order valence-corrected chi connectivity index (χ3v) is 4.33. The van der Waals surface area contributed by atoms with Crippen LogP contribution < -0.4 is 10.2 Å². The molecule has 0 heterocycles. The number of benzene rings is 2. The second-order valence-corrected chi connectivity index (χ2v) is 7.91. The Labute approximate surface area is 172 Å². The molecule has 0 aliphatic rings. The van der Waals surface area contributed by atoms with Gasteiger partial charge in [-0.2, -0.15) is 0 Å². The zero-order valence-corrected chi connectivity index (χ0v) is 17.5. The molecule has 0 saturated carbocycles. The van der Waals surface area contributed by atoms with Gasteiger partial charge in [-0.05, 0) is 51.0 Å². The smallest absolute Gasteiger partial charge is 0.408 e. The zero-order chi connectivity index (χ0) is 21.4. The minimum Gasteiger partial charge on any atom is -0.480 e. The molecule has 0 fully saturated rings. The number of carboxylic acids is 1. The van der Waals surface area contributed by atoms with Crippen molar-refractivity contribution in [2.75, 3.05) is 11.4 Å². The number of carbonyl (C=O) groups is 2. The van der Waals surface area contributed by atoms with E-state index in [0.29, 0.717) is 0 Å². The van der Waals surface area contributed by atoms with Gasteiger partial charge in [-0.1, -0.05) is 42.5 Å². The number of amides is 1. The van der Waals surface area contributed by atoms with E-state index in [1.807, 2.05) is 42.5 Å². The lowest BCUT2D eigenvalue weighted by Crippen LogP contribution is -2.44. The predicted molar refractivity (Wildman–Crippen MR) is 114 cm³/mol. The SMILES string of the molecule is CCN(Cc1ccccc1)c1ccc(CC(NC(=O)OC(C)(C)C)C(=O)O)cc1. The van der Waals surface area contributed by atoms with Crippen LogP contribution >= 0.6 is 0 Å². The molecule has 0 aromatic heterocycles. The van der Waals surface area contributed by atoms with E-state index < -0.39 is 23.7 Å². The number of aliphatic carboxylic acids is 1. The van der Waals surface area contributed by atoms with Gasteiger partial charge in [-0.15, -0.1) is 0 Å². The number of alkyl carbamates (subject to hydrolysis) is 1. The molecule has 2 aromatic rings. The quantitative estimate of drug-likeness (QED) is 0.696. The summed E-state index contributed by atoms with van der Waals surface area (Å²) in [5.74, 6) is -1.10. The van der Waals surface area contributed by atoms with Crippen molar-refractivity contribution in [2.45, 2.75) is 52.3 Å². The van der Waals surface area contributed by atoms with E-state index in [9.17, 15) is 14.7 Å². The zero-order valence-electron chi connectivity index (χ0n) is 17.5. The first-order valence-corrected chi connectivity index (χ1v) is 9.78. The maximum atomic E-state index is 11.9. The van der Waals surface area contributed by atoms with E-state index in [1.54, 1.807) is 20.8 Å². The highest BCUT2D eigenvalue weighted by Gasteiger charge is 2.24. The molecular formula is C23H30N2O4. The topological polar surface area (TPSA) is 78.9 Å². The molecule has 0 aliphatic carbocycles. The molecule has 6 nitrogen and oxygen atoms in total. The third kappa shape index (κ3) is 7.49. The minimum atomic E-state index is -1.10. The first-order valence-electron chi connectivity index (χ1n) is 9.78. The molecule has 0 saturated heterocycles. The Hall–Kier alpha value is -3.02. The van der Waals surface area contributed by atoms with Crippen molar-refractivity contribution in [3.63, 3.8) is 0 Å². The summed E-state index contributed by atoms with van der Waals surface area (Å²) in [6.07, 6.45) is -0.554. The van der Waals surface area contributed by atoms with Crippen molar-refractivity contribution in [3.05, 3.63) is 65.7 Å². The van der Waals surface area contributed by atoms with Gasteiger partial charge in [0, 0.05) is 25.2 Å². The monoisotopic (exact) mass is 398 g/mol. The standard InChI is InChI=1S/C23H30N2O4/c1-5-25(16-18-9-7-6-8-10-18)19-13-11-17(12-14-19)15-20(21(26)27)24-22(28)29-23(2,3)4/h6-14,20H,5,15-16H2,1-4H3,(H,24,28)(H,26,27). The van der Waals surface area contributed by atoms with Crippen molar-refractivity contribution in [3.8, 4) is 0 Å². The van der Waals surface area contributed by atoms with Crippen molar-refractivity contribution < 1.29 is 19.4 Å². The number of ether oxygens (including phenoxy) is 1. The summed E-state index contributed by atoms with van der Waals surface area (Å²) in [6, 6.07) is 16.9. The lowest BCUT2D eigenvalue weighted by molar-refractivity contribution is -0.139. The molecule has 2 N–H and O–H groups in total. The average molecular weight is 399 g/mol. The highest BCUT2D eigenvalue weighted by atomic mass is 16.6. The lowest BCUT2D eigenvalue weighted by atomic mass is 10.1. The van der Waals surface area contributed by atoms with Crippen LogP contribution in [0.2, 0.25) is 0 Å². The van der Waals surface area contributed by atoms with E-state index in [1.165, 1.54) is 5.56 Å². The molecule has 0 radical (unpaired) electrons. The number of nitrogens with one attached hydrogen (secondary N) is 1. The fourth-order valence-electron chi connectivity index (χ4n) is 2.92. The van der Waals surface area contributed by atoms with Gasteiger partial charge in [0.1, 0.15) is 11.6 Å². The van der Waals surface area contributed by atoms with Crippen molar-refractivity contribution in [1.82, 2.24) is 5.32 Å². The van der Waals surface area contributed by atoms with Crippen LogP contribution in [0.25, 0.3) is 0 Å². The van der Waals surface area contributed by atoms with Gasteiger partial charge in [-0.3, -0.25) is 0 Å². The fraction of sp³-hybridized carbons (Fsp3) is 0.391. The van der Waals surface area contributed by atoms with Gasteiger partial charge in [0.15, 0.2) is 0 Å². The Balaban J connectivity index is 2.03. The predicted octanol–water partition coefficient (Wildman–Crippen LogP) is 4.23. The third-order valence-electron chi connectivity index (χ3n) is 4.33.